The van der Waals surface area contributed by atoms with Crippen molar-refractivity contribution in [2.75, 3.05) is 12.3 Å². The van der Waals surface area contributed by atoms with Gasteiger partial charge in [-0.2, -0.15) is 0 Å². The van der Waals surface area contributed by atoms with E-state index in [0.717, 1.165) is 11.4 Å². The van der Waals surface area contributed by atoms with Crippen molar-refractivity contribution in [1.82, 2.24) is 30.2 Å². The topological polar surface area (TPSA) is 101 Å². The number of hydrogen-bond acceptors (Lipinski definition) is 6. The van der Waals surface area contributed by atoms with Gasteiger partial charge in [0.1, 0.15) is 0 Å². The first kappa shape index (κ1) is 17.2. The number of nitrogens with one attached hydrogen (secondary N) is 2. The fourth-order valence-corrected chi connectivity index (χ4v) is 2.71. The molecule has 0 spiro atoms. The van der Waals surface area contributed by atoms with Crippen LogP contribution in [0.25, 0.3) is 5.78 Å². The molecule has 0 aliphatic carbocycles. The summed E-state index contributed by atoms with van der Waals surface area (Å²) in [7, 11) is 0. The normalized spacial score (nSPS) is 11.0. The van der Waals surface area contributed by atoms with Gasteiger partial charge in [-0.15, -0.1) is 10.2 Å². The summed E-state index contributed by atoms with van der Waals surface area (Å²) in [5.74, 6) is 0.515. The van der Waals surface area contributed by atoms with Crippen molar-refractivity contribution in [2.24, 2.45) is 5.92 Å². The van der Waals surface area contributed by atoms with Crippen LogP contribution >= 0.6 is 11.8 Å². The Morgan fingerprint density at radius 2 is 2.04 bits per heavy atom. The average Bonchev–Trinajstić information content (AvgIpc) is 2.86. The number of carbonyl (C=O) groups is 2. The zero-order chi connectivity index (χ0) is 17.0. The zero-order valence-corrected chi connectivity index (χ0v) is 14.4. The van der Waals surface area contributed by atoms with Crippen LogP contribution < -0.4 is 10.6 Å². The molecule has 2 rings (SSSR count). The molecule has 2 heterocycles. The minimum absolute atomic E-state index is 0.0726. The minimum Gasteiger partial charge on any atom is -0.338 e. The molecule has 8 nitrogen and oxygen atoms in total. The van der Waals surface area contributed by atoms with Gasteiger partial charge in [-0.25, -0.2) is 9.78 Å². The van der Waals surface area contributed by atoms with Gasteiger partial charge in [0.05, 0.1) is 5.75 Å². The van der Waals surface area contributed by atoms with Crippen LogP contribution in [-0.4, -0.2) is 43.8 Å². The van der Waals surface area contributed by atoms with Gasteiger partial charge in [-0.3, -0.25) is 14.5 Å². The molecule has 2 aromatic heterocycles. The van der Waals surface area contributed by atoms with Crippen LogP contribution in [0, 0.1) is 19.8 Å². The van der Waals surface area contributed by atoms with Gasteiger partial charge in [0, 0.05) is 17.9 Å². The fourth-order valence-electron chi connectivity index (χ4n) is 1.93. The number of imide groups is 1. The molecule has 0 unspecified atom stereocenters. The number of aryl methyl sites for hydroxylation is 2. The maximum atomic E-state index is 11.8. The van der Waals surface area contributed by atoms with Gasteiger partial charge < -0.3 is 5.32 Å². The monoisotopic (exact) mass is 336 g/mol. The Balaban J connectivity index is 1.93. The summed E-state index contributed by atoms with van der Waals surface area (Å²) in [5, 5.41) is 13.5. The maximum absolute atomic E-state index is 11.8. The molecule has 3 amide bonds. The van der Waals surface area contributed by atoms with E-state index in [1.165, 1.54) is 11.8 Å². The molecular formula is C14H20N6O2S. The molecule has 0 aromatic carbocycles. The van der Waals surface area contributed by atoms with Crippen molar-refractivity contribution in [3.8, 4) is 0 Å². The molecule has 23 heavy (non-hydrogen) atoms. The summed E-state index contributed by atoms with van der Waals surface area (Å²) in [5.41, 5.74) is 1.80. The van der Waals surface area contributed by atoms with Crippen LogP contribution in [-0.2, 0) is 4.79 Å². The third-order valence-electron chi connectivity index (χ3n) is 2.92. The van der Waals surface area contributed by atoms with E-state index >= 15 is 0 Å². The SMILES string of the molecule is Cc1cc(C)n2c(SCC(=O)NC(=O)NCC(C)C)nnc2n1. The van der Waals surface area contributed by atoms with Crippen LogP contribution in [0.15, 0.2) is 11.2 Å². The molecule has 2 aromatic rings. The first-order valence-electron chi connectivity index (χ1n) is 7.26. The maximum Gasteiger partial charge on any atom is 0.321 e. The van der Waals surface area contributed by atoms with Gasteiger partial charge in [-0.05, 0) is 25.8 Å². The van der Waals surface area contributed by atoms with Crippen molar-refractivity contribution in [3.05, 3.63) is 17.5 Å². The van der Waals surface area contributed by atoms with Crippen LogP contribution in [0.3, 0.4) is 0 Å². The lowest BCUT2D eigenvalue weighted by molar-refractivity contribution is -0.117. The highest BCUT2D eigenvalue weighted by Crippen LogP contribution is 2.18. The number of rotatable bonds is 5. The Morgan fingerprint density at radius 3 is 2.74 bits per heavy atom. The van der Waals surface area contributed by atoms with Crippen molar-refractivity contribution >= 4 is 29.5 Å². The summed E-state index contributed by atoms with van der Waals surface area (Å²) >= 11 is 1.21. The van der Waals surface area contributed by atoms with Crippen molar-refractivity contribution in [2.45, 2.75) is 32.9 Å². The Hall–Kier alpha value is -2.16. The zero-order valence-electron chi connectivity index (χ0n) is 13.6. The molecule has 124 valence electrons. The number of urea groups is 1. The standard InChI is InChI=1S/C14H20N6O2S/c1-8(2)6-15-13(22)17-11(21)7-23-14-19-18-12-16-9(3)5-10(4)20(12)14/h5,8H,6-7H2,1-4H3,(H2,15,17,21,22). The number of thioether (sulfide) groups is 1. The van der Waals surface area contributed by atoms with Gasteiger partial charge in [0.15, 0.2) is 5.16 Å². The second kappa shape index (κ2) is 7.40. The van der Waals surface area contributed by atoms with Crippen LogP contribution in [0.2, 0.25) is 0 Å². The summed E-state index contributed by atoms with van der Waals surface area (Å²) in [6.45, 7) is 8.29. The van der Waals surface area contributed by atoms with Gasteiger partial charge in [0.25, 0.3) is 5.78 Å². The second-order valence-electron chi connectivity index (χ2n) is 5.60. The lowest BCUT2D eigenvalue weighted by atomic mass is 10.2. The third-order valence-corrected chi connectivity index (χ3v) is 3.85. The second-order valence-corrected chi connectivity index (χ2v) is 6.54. The first-order valence-corrected chi connectivity index (χ1v) is 8.25. The lowest BCUT2D eigenvalue weighted by Crippen LogP contribution is -2.41. The molecular weight excluding hydrogens is 316 g/mol. The largest absolute Gasteiger partial charge is 0.338 e. The molecule has 9 heteroatoms. The predicted octanol–water partition coefficient (Wildman–Crippen LogP) is 1.32. The minimum atomic E-state index is -0.483. The lowest BCUT2D eigenvalue weighted by Gasteiger charge is -2.08. The average molecular weight is 336 g/mol. The van der Waals surface area contributed by atoms with Gasteiger partial charge in [-0.1, -0.05) is 25.6 Å². The van der Waals surface area contributed by atoms with E-state index in [9.17, 15) is 9.59 Å². The van der Waals surface area contributed by atoms with Crippen LogP contribution in [0.4, 0.5) is 4.79 Å². The summed E-state index contributed by atoms with van der Waals surface area (Å²) in [6, 6.07) is 1.43. The smallest absolute Gasteiger partial charge is 0.321 e. The molecule has 2 N–H and O–H groups in total. The number of amides is 3. The number of aromatic nitrogens is 4. The Labute approximate surface area is 138 Å². The Kier molecular flexibility index (Phi) is 5.54. The third kappa shape index (κ3) is 4.65. The molecule has 0 fully saturated rings. The molecule has 0 saturated carbocycles. The number of carbonyl (C=O) groups excluding carboxylic acids is 2. The van der Waals surface area contributed by atoms with E-state index in [2.05, 4.69) is 25.8 Å². The van der Waals surface area contributed by atoms with Crippen molar-refractivity contribution in [1.29, 1.82) is 0 Å². The van der Waals surface area contributed by atoms with Gasteiger partial charge in [0.2, 0.25) is 5.91 Å². The molecule has 0 bridgehead atoms. The van der Waals surface area contributed by atoms with E-state index in [1.54, 1.807) is 4.40 Å². The van der Waals surface area contributed by atoms with Crippen molar-refractivity contribution in [3.63, 3.8) is 0 Å². The van der Waals surface area contributed by atoms with E-state index in [0.29, 0.717) is 23.4 Å². The highest BCUT2D eigenvalue weighted by Gasteiger charge is 2.13. The predicted molar refractivity (Wildman–Crippen MR) is 87.4 cm³/mol. The first-order chi connectivity index (χ1) is 10.9. The fraction of sp³-hybridized carbons (Fsp3) is 0.500. The van der Waals surface area contributed by atoms with Crippen molar-refractivity contribution < 1.29 is 9.59 Å². The van der Waals surface area contributed by atoms with Crippen LogP contribution in [0.1, 0.15) is 25.2 Å². The summed E-state index contributed by atoms with van der Waals surface area (Å²) in [4.78, 5) is 27.6. The number of nitrogens with zero attached hydrogens (tertiary/aromatic N) is 4. The number of hydrogen-bond donors (Lipinski definition) is 2. The molecule has 0 saturated heterocycles. The van der Waals surface area contributed by atoms with Gasteiger partial charge >= 0.3 is 6.03 Å². The summed E-state index contributed by atoms with van der Waals surface area (Å²) in [6.07, 6.45) is 0. The Morgan fingerprint density at radius 1 is 1.30 bits per heavy atom. The van der Waals surface area contributed by atoms with Crippen LogP contribution in [0.5, 0.6) is 0 Å². The van der Waals surface area contributed by atoms with E-state index in [-0.39, 0.29) is 11.7 Å². The quantitative estimate of drug-likeness (QED) is 0.799. The molecule has 0 aliphatic rings. The van der Waals surface area contributed by atoms with E-state index in [1.807, 2.05) is 33.8 Å². The highest BCUT2D eigenvalue weighted by molar-refractivity contribution is 7.99. The highest BCUT2D eigenvalue weighted by atomic mass is 32.2. The summed E-state index contributed by atoms with van der Waals surface area (Å²) < 4.78 is 1.78. The number of fused-ring (bicyclic) bond motifs is 1. The Bertz CT molecular complexity index is 727. The van der Waals surface area contributed by atoms with E-state index in [4.69, 9.17) is 0 Å². The molecule has 0 aliphatic heterocycles. The molecule has 0 atom stereocenters. The molecule has 0 radical (unpaired) electrons. The van der Waals surface area contributed by atoms with E-state index < -0.39 is 6.03 Å².